The lowest BCUT2D eigenvalue weighted by molar-refractivity contribution is -0.141. The van der Waals surface area contributed by atoms with Crippen molar-refractivity contribution < 1.29 is 14.3 Å². The van der Waals surface area contributed by atoms with Gasteiger partial charge >= 0.3 is 5.97 Å². The maximum atomic E-state index is 11.7. The SMILES string of the molecule is COC(=O)CNC(=O)[C@H]1C[C@H]2C=C[C@H]1C2. The van der Waals surface area contributed by atoms with E-state index in [1.54, 1.807) is 0 Å². The van der Waals surface area contributed by atoms with Gasteiger partial charge in [-0.3, -0.25) is 9.59 Å². The largest absolute Gasteiger partial charge is 0.468 e. The first kappa shape index (κ1) is 10.2. The predicted octanol–water partition coefficient (Wildman–Crippen LogP) is 0.488. The molecule has 1 amide bonds. The minimum atomic E-state index is -0.401. The lowest BCUT2D eigenvalue weighted by Gasteiger charge is -2.16. The third kappa shape index (κ3) is 2.03. The zero-order valence-corrected chi connectivity index (χ0v) is 8.73. The van der Waals surface area contributed by atoms with Crippen LogP contribution in [0.5, 0.6) is 0 Å². The topological polar surface area (TPSA) is 55.4 Å². The first-order valence-corrected chi connectivity index (χ1v) is 5.23. The monoisotopic (exact) mass is 209 g/mol. The molecule has 0 radical (unpaired) electrons. The van der Waals surface area contributed by atoms with Crippen LogP contribution in [0.15, 0.2) is 12.2 Å². The molecule has 0 aromatic heterocycles. The predicted molar refractivity (Wildman–Crippen MR) is 53.9 cm³/mol. The highest BCUT2D eigenvalue weighted by Crippen LogP contribution is 2.43. The molecule has 2 rings (SSSR count). The summed E-state index contributed by atoms with van der Waals surface area (Å²) in [6, 6.07) is 0. The van der Waals surface area contributed by atoms with E-state index >= 15 is 0 Å². The van der Waals surface area contributed by atoms with Crippen LogP contribution in [0, 0.1) is 17.8 Å². The molecule has 2 aliphatic carbocycles. The van der Waals surface area contributed by atoms with E-state index in [1.807, 2.05) is 0 Å². The van der Waals surface area contributed by atoms with E-state index < -0.39 is 5.97 Å². The number of hydrogen-bond donors (Lipinski definition) is 1. The second kappa shape index (κ2) is 4.04. The molecule has 0 heterocycles. The molecule has 2 aliphatic rings. The van der Waals surface area contributed by atoms with E-state index in [4.69, 9.17) is 0 Å². The number of esters is 1. The van der Waals surface area contributed by atoms with E-state index in [1.165, 1.54) is 7.11 Å². The van der Waals surface area contributed by atoms with Crippen LogP contribution in [0.25, 0.3) is 0 Å². The molecule has 0 unspecified atom stereocenters. The zero-order valence-electron chi connectivity index (χ0n) is 8.73. The number of hydrogen-bond acceptors (Lipinski definition) is 3. The number of carbonyl (C=O) groups is 2. The fraction of sp³-hybridized carbons (Fsp3) is 0.636. The number of carbonyl (C=O) groups excluding carboxylic acids is 2. The number of allylic oxidation sites excluding steroid dienone is 2. The fourth-order valence-electron chi connectivity index (χ4n) is 2.44. The normalized spacial score (nSPS) is 31.7. The molecular formula is C11H15NO3. The second-order valence-corrected chi connectivity index (χ2v) is 4.18. The molecular weight excluding hydrogens is 194 g/mol. The van der Waals surface area contributed by atoms with E-state index in [-0.39, 0.29) is 18.4 Å². The van der Waals surface area contributed by atoms with Crippen molar-refractivity contribution in [1.29, 1.82) is 0 Å². The Morgan fingerprint density at radius 1 is 1.40 bits per heavy atom. The summed E-state index contributed by atoms with van der Waals surface area (Å²) >= 11 is 0. The molecule has 1 fully saturated rings. The van der Waals surface area contributed by atoms with Crippen molar-refractivity contribution in [3.8, 4) is 0 Å². The Kier molecular flexibility index (Phi) is 2.75. The number of methoxy groups -OCH3 is 1. The number of rotatable bonds is 3. The van der Waals surface area contributed by atoms with Crippen molar-refractivity contribution >= 4 is 11.9 Å². The number of fused-ring (bicyclic) bond motifs is 2. The first-order valence-electron chi connectivity index (χ1n) is 5.23. The summed E-state index contributed by atoms with van der Waals surface area (Å²) in [5, 5.41) is 2.61. The van der Waals surface area contributed by atoms with E-state index in [9.17, 15) is 9.59 Å². The van der Waals surface area contributed by atoms with Gasteiger partial charge in [0.25, 0.3) is 0 Å². The van der Waals surface area contributed by atoms with Gasteiger partial charge in [-0.15, -0.1) is 0 Å². The van der Waals surface area contributed by atoms with Gasteiger partial charge in [-0.2, -0.15) is 0 Å². The molecule has 1 saturated carbocycles. The molecule has 4 heteroatoms. The average Bonchev–Trinajstić information content (AvgIpc) is 2.86. The fourth-order valence-corrected chi connectivity index (χ4v) is 2.44. The maximum absolute atomic E-state index is 11.7. The molecule has 0 saturated heterocycles. The summed E-state index contributed by atoms with van der Waals surface area (Å²) in [5.74, 6) is 0.598. The Hall–Kier alpha value is -1.32. The molecule has 1 N–H and O–H groups in total. The van der Waals surface area contributed by atoms with Gasteiger partial charge < -0.3 is 10.1 Å². The lowest BCUT2D eigenvalue weighted by atomic mass is 9.93. The Morgan fingerprint density at radius 2 is 2.20 bits per heavy atom. The van der Waals surface area contributed by atoms with Gasteiger partial charge in [-0.25, -0.2) is 0 Å². The summed E-state index contributed by atoms with van der Waals surface area (Å²) in [5.41, 5.74) is 0. The highest BCUT2D eigenvalue weighted by atomic mass is 16.5. The van der Waals surface area contributed by atoms with Gasteiger partial charge in [-0.05, 0) is 24.7 Å². The minimum Gasteiger partial charge on any atom is -0.468 e. The standard InChI is InChI=1S/C11H15NO3/c1-15-10(13)6-12-11(14)9-5-7-2-3-8(9)4-7/h2-3,7-9H,4-6H2,1H3,(H,12,14)/t7-,8-,9-/m0/s1. The summed E-state index contributed by atoms with van der Waals surface area (Å²) in [6.07, 6.45) is 6.33. The number of nitrogens with one attached hydrogen (secondary N) is 1. The molecule has 0 aliphatic heterocycles. The Bertz CT molecular complexity index is 311. The summed E-state index contributed by atoms with van der Waals surface area (Å²) in [6.45, 7) is -0.0209. The van der Waals surface area contributed by atoms with E-state index in [2.05, 4.69) is 22.2 Å². The zero-order chi connectivity index (χ0) is 10.8. The Morgan fingerprint density at radius 3 is 2.73 bits per heavy atom. The highest BCUT2D eigenvalue weighted by molar-refractivity contribution is 5.84. The molecule has 4 nitrogen and oxygen atoms in total. The third-order valence-electron chi connectivity index (χ3n) is 3.25. The molecule has 15 heavy (non-hydrogen) atoms. The minimum absolute atomic E-state index is 0.0164. The van der Waals surface area contributed by atoms with Crippen molar-refractivity contribution in [3.05, 3.63) is 12.2 Å². The van der Waals surface area contributed by atoms with Crippen molar-refractivity contribution in [2.24, 2.45) is 17.8 Å². The summed E-state index contributed by atoms with van der Waals surface area (Å²) in [4.78, 5) is 22.5. The summed E-state index contributed by atoms with van der Waals surface area (Å²) < 4.78 is 4.46. The molecule has 2 bridgehead atoms. The number of amides is 1. The maximum Gasteiger partial charge on any atom is 0.325 e. The number of ether oxygens (including phenoxy) is 1. The average molecular weight is 209 g/mol. The highest BCUT2D eigenvalue weighted by Gasteiger charge is 2.39. The molecule has 0 aromatic carbocycles. The van der Waals surface area contributed by atoms with Gasteiger partial charge in [0.05, 0.1) is 7.11 Å². The van der Waals surface area contributed by atoms with Crippen LogP contribution in [0.2, 0.25) is 0 Å². The molecule has 3 atom stereocenters. The van der Waals surface area contributed by atoms with Gasteiger partial charge in [0.15, 0.2) is 0 Å². The van der Waals surface area contributed by atoms with Crippen LogP contribution in [0.3, 0.4) is 0 Å². The van der Waals surface area contributed by atoms with Crippen molar-refractivity contribution in [2.75, 3.05) is 13.7 Å². The quantitative estimate of drug-likeness (QED) is 0.543. The Balaban J connectivity index is 1.82. The second-order valence-electron chi connectivity index (χ2n) is 4.18. The van der Waals surface area contributed by atoms with E-state index in [0.717, 1.165) is 12.8 Å². The van der Waals surface area contributed by atoms with Gasteiger partial charge in [0, 0.05) is 5.92 Å². The van der Waals surface area contributed by atoms with Crippen LogP contribution in [-0.4, -0.2) is 25.5 Å². The van der Waals surface area contributed by atoms with Crippen LogP contribution in [-0.2, 0) is 14.3 Å². The third-order valence-corrected chi connectivity index (χ3v) is 3.25. The summed E-state index contributed by atoms with van der Waals surface area (Å²) in [7, 11) is 1.31. The van der Waals surface area contributed by atoms with Gasteiger partial charge in [0.1, 0.15) is 6.54 Å². The molecule has 0 spiro atoms. The molecule has 0 aromatic rings. The van der Waals surface area contributed by atoms with Gasteiger partial charge in [0.2, 0.25) is 5.91 Å². The lowest BCUT2D eigenvalue weighted by Crippen LogP contribution is -2.36. The van der Waals surface area contributed by atoms with Crippen LogP contribution in [0.4, 0.5) is 0 Å². The first-order chi connectivity index (χ1) is 7.20. The van der Waals surface area contributed by atoms with Crippen molar-refractivity contribution in [3.63, 3.8) is 0 Å². The van der Waals surface area contributed by atoms with Crippen LogP contribution < -0.4 is 5.32 Å². The van der Waals surface area contributed by atoms with Crippen molar-refractivity contribution in [2.45, 2.75) is 12.8 Å². The molecule has 82 valence electrons. The van der Waals surface area contributed by atoms with Crippen LogP contribution in [0.1, 0.15) is 12.8 Å². The van der Waals surface area contributed by atoms with E-state index in [0.29, 0.717) is 11.8 Å². The van der Waals surface area contributed by atoms with Gasteiger partial charge in [-0.1, -0.05) is 12.2 Å². The smallest absolute Gasteiger partial charge is 0.325 e. The Labute approximate surface area is 88.7 Å². The van der Waals surface area contributed by atoms with Crippen LogP contribution >= 0.6 is 0 Å². The van der Waals surface area contributed by atoms with Crippen molar-refractivity contribution in [1.82, 2.24) is 5.32 Å².